The van der Waals surface area contributed by atoms with E-state index in [1.165, 1.54) is 0 Å². The van der Waals surface area contributed by atoms with Gasteiger partial charge in [0.25, 0.3) is 0 Å². The van der Waals surface area contributed by atoms with E-state index in [1.54, 1.807) is 20.4 Å². The van der Waals surface area contributed by atoms with Gasteiger partial charge in [0.15, 0.2) is 0 Å². The molecule has 24 heavy (non-hydrogen) atoms. The summed E-state index contributed by atoms with van der Waals surface area (Å²) < 4.78 is 10.5. The number of nitrogens with one attached hydrogen (secondary N) is 2. The molecule has 2 aromatic carbocycles. The zero-order chi connectivity index (χ0) is 17.4. The molecule has 0 spiro atoms. The molecule has 0 aromatic heterocycles. The summed E-state index contributed by atoms with van der Waals surface area (Å²) in [7, 11) is 3.23. The minimum absolute atomic E-state index is 0.522. The van der Waals surface area contributed by atoms with E-state index in [4.69, 9.17) is 21.4 Å². The molecule has 5 nitrogen and oxygen atoms in total. The minimum Gasteiger partial charge on any atom is -0.497 e. The SMILES string of the molecule is C#Cc1ccc(/C(=C/NCc2cc(OC)cc(OC)c2)N=N)cc1. The van der Waals surface area contributed by atoms with Crippen LogP contribution in [-0.4, -0.2) is 14.2 Å². The summed E-state index contributed by atoms with van der Waals surface area (Å²) in [6.45, 7) is 0.551. The standard InChI is InChI=1S/C19H19N3O2/c1-4-14-5-7-16(8-6-14)19(22-20)13-21-12-15-9-17(23-2)11-18(10-15)24-3/h1,5-11,13,20-21H,12H2,2-3H3/b19-13-,22-20?. The van der Waals surface area contributed by atoms with Gasteiger partial charge in [-0.1, -0.05) is 18.1 Å². The highest BCUT2D eigenvalue weighted by Gasteiger charge is 2.03. The maximum absolute atomic E-state index is 7.34. The largest absolute Gasteiger partial charge is 0.497 e. The fourth-order valence-electron chi connectivity index (χ4n) is 2.15. The van der Waals surface area contributed by atoms with E-state index in [0.717, 1.165) is 28.2 Å². The normalized spacial score (nSPS) is 10.6. The van der Waals surface area contributed by atoms with Gasteiger partial charge >= 0.3 is 0 Å². The van der Waals surface area contributed by atoms with Crippen molar-refractivity contribution in [1.29, 1.82) is 5.53 Å². The van der Waals surface area contributed by atoms with Crippen LogP contribution in [0.2, 0.25) is 0 Å². The third-order valence-electron chi connectivity index (χ3n) is 3.42. The average Bonchev–Trinajstić information content (AvgIpc) is 2.65. The van der Waals surface area contributed by atoms with Gasteiger partial charge in [0.05, 0.1) is 14.2 Å². The van der Waals surface area contributed by atoms with Gasteiger partial charge in [-0.3, -0.25) is 0 Å². The minimum atomic E-state index is 0.522. The lowest BCUT2D eigenvalue weighted by Gasteiger charge is -2.09. The molecule has 122 valence electrons. The molecule has 0 amide bonds. The topological polar surface area (TPSA) is 66.7 Å². The predicted molar refractivity (Wildman–Crippen MR) is 93.9 cm³/mol. The molecule has 0 aliphatic heterocycles. The van der Waals surface area contributed by atoms with Crippen molar-refractivity contribution >= 4 is 5.70 Å². The Kier molecular flexibility index (Phi) is 5.98. The second-order valence-electron chi connectivity index (χ2n) is 4.96. The van der Waals surface area contributed by atoms with Crippen molar-refractivity contribution in [1.82, 2.24) is 5.32 Å². The van der Waals surface area contributed by atoms with E-state index in [1.807, 2.05) is 42.5 Å². The van der Waals surface area contributed by atoms with E-state index >= 15 is 0 Å². The fraction of sp³-hybridized carbons (Fsp3) is 0.158. The number of benzene rings is 2. The summed E-state index contributed by atoms with van der Waals surface area (Å²) in [5, 5.41) is 6.72. The van der Waals surface area contributed by atoms with Gasteiger partial charge < -0.3 is 14.8 Å². The average molecular weight is 321 g/mol. The fourth-order valence-corrected chi connectivity index (χ4v) is 2.15. The van der Waals surface area contributed by atoms with Crippen LogP contribution in [0.25, 0.3) is 5.70 Å². The van der Waals surface area contributed by atoms with Gasteiger partial charge in [0.2, 0.25) is 0 Å². The molecule has 0 unspecified atom stereocenters. The third kappa shape index (κ3) is 4.37. The van der Waals surface area contributed by atoms with Crippen LogP contribution in [0, 0.1) is 17.9 Å². The second-order valence-corrected chi connectivity index (χ2v) is 4.96. The molecule has 0 fully saturated rings. The van der Waals surface area contributed by atoms with Crippen LogP contribution in [0.4, 0.5) is 0 Å². The molecule has 2 rings (SSSR count). The van der Waals surface area contributed by atoms with Crippen molar-refractivity contribution in [2.75, 3.05) is 14.2 Å². The Labute approximate surface area is 141 Å². The van der Waals surface area contributed by atoms with E-state index in [2.05, 4.69) is 16.4 Å². The highest BCUT2D eigenvalue weighted by Crippen LogP contribution is 2.22. The van der Waals surface area contributed by atoms with E-state index < -0.39 is 0 Å². The quantitative estimate of drug-likeness (QED) is 0.602. The van der Waals surface area contributed by atoms with Crippen LogP contribution < -0.4 is 14.8 Å². The Morgan fingerprint density at radius 1 is 1.17 bits per heavy atom. The Morgan fingerprint density at radius 3 is 2.29 bits per heavy atom. The van der Waals surface area contributed by atoms with E-state index in [0.29, 0.717) is 12.2 Å². The lowest BCUT2D eigenvalue weighted by atomic mass is 10.1. The number of hydrogen-bond donors (Lipinski definition) is 2. The summed E-state index contributed by atoms with van der Waals surface area (Å²) in [5.41, 5.74) is 10.5. The van der Waals surface area contributed by atoms with E-state index in [9.17, 15) is 0 Å². The molecular formula is C19H19N3O2. The molecular weight excluding hydrogens is 302 g/mol. The smallest absolute Gasteiger partial charge is 0.122 e. The first-order chi connectivity index (χ1) is 11.7. The number of terminal acetylenes is 1. The van der Waals surface area contributed by atoms with Gasteiger partial charge in [-0.25, -0.2) is 5.53 Å². The lowest BCUT2D eigenvalue weighted by Crippen LogP contribution is -2.06. The molecule has 0 aliphatic carbocycles. The number of methoxy groups -OCH3 is 2. The van der Waals surface area contributed by atoms with Crippen LogP contribution in [-0.2, 0) is 6.54 Å². The lowest BCUT2D eigenvalue weighted by molar-refractivity contribution is 0.393. The van der Waals surface area contributed by atoms with Crippen LogP contribution in [0.1, 0.15) is 16.7 Å². The molecule has 0 aliphatic rings. The zero-order valence-corrected chi connectivity index (χ0v) is 13.7. The molecule has 0 heterocycles. The van der Waals surface area contributed by atoms with Crippen LogP contribution in [0.3, 0.4) is 0 Å². The molecule has 5 heteroatoms. The van der Waals surface area contributed by atoms with Gasteiger partial charge in [0.1, 0.15) is 17.2 Å². The van der Waals surface area contributed by atoms with Crippen molar-refractivity contribution in [3.63, 3.8) is 0 Å². The first-order valence-corrected chi connectivity index (χ1v) is 7.30. The van der Waals surface area contributed by atoms with Crippen molar-refractivity contribution < 1.29 is 9.47 Å². The highest BCUT2D eigenvalue weighted by atomic mass is 16.5. The highest BCUT2D eigenvalue weighted by molar-refractivity contribution is 5.64. The maximum Gasteiger partial charge on any atom is 0.122 e. The number of ether oxygens (including phenoxy) is 2. The van der Waals surface area contributed by atoms with E-state index in [-0.39, 0.29) is 0 Å². The number of nitrogens with zero attached hydrogens (tertiary/aromatic N) is 1. The summed E-state index contributed by atoms with van der Waals surface area (Å²) in [6.07, 6.45) is 7.04. The Balaban J connectivity index is 2.11. The van der Waals surface area contributed by atoms with Crippen molar-refractivity contribution in [2.24, 2.45) is 5.11 Å². The zero-order valence-electron chi connectivity index (χ0n) is 13.7. The van der Waals surface area contributed by atoms with Gasteiger partial charge in [-0.15, -0.1) is 6.42 Å². The Morgan fingerprint density at radius 2 is 1.79 bits per heavy atom. The van der Waals surface area contributed by atoms with Gasteiger partial charge in [-0.2, -0.15) is 5.11 Å². The summed E-state index contributed by atoms with van der Waals surface area (Å²) in [4.78, 5) is 0. The van der Waals surface area contributed by atoms with Crippen molar-refractivity contribution in [3.05, 3.63) is 65.4 Å². The summed E-state index contributed by atoms with van der Waals surface area (Å²) in [6, 6.07) is 13.0. The second kappa shape index (κ2) is 8.39. The van der Waals surface area contributed by atoms with Crippen LogP contribution in [0.5, 0.6) is 11.5 Å². The number of hydrogen-bond acceptors (Lipinski definition) is 5. The molecule has 0 bridgehead atoms. The monoisotopic (exact) mass is 321 g/mol. The summed E-state index contributed by atoms with van der Waals surface area (Å²) >= 11 is 0. The Bertz CT molecular complexity index is 752. The third-order valence-corrected chi connectivity index (χ3v) is 3.42. The van der Waals surface area contributed by atoms with Gasteiger partial charge in [0, 0.05) is 29.9 Å². The van der Waals surface area contributed by atoms with Crippen molar-refractivity contribution in [2.45, 2.75) is 6.54 Å². The van der Waals surface area contributed by atoms with Crippen LogP contribution in [0.15, 0.2) is 53.8 Å². The molecule has 2 N–H and O–H groups in total. The van der Waals surface area contributed by atoms with Crippen LogP contribution >= 0.6 is 0 Å². The Hall–Kier alpha value is -3.26. The van der Waals surface area contributed by atoms with Crippen molar-refractivity contribution in [3.8, 4) is 23.8 Å². The molecule has 2 aromatic rings. The first-order valence-electron chi connectivity index (χ1n) is 7.30. The molecule has 0 saturated heterocycles. The summed E-state index contributed by atoms with van der Waals surface area (Å²) in [5.74, 6) is 4.02. The first kappa shape index (κ1) is 17.1. The predicted octanol–water partition coefficient (Wildman–Crippen LogP) is 3.80. The molecule has 0 atom stereocenters. The maximum atomic E-state index is 7.34. The number of rotatable bonds is 7. The molecule has 0 saturated carbocycles. The molecule has 0 radical (unpaired) electrons. The van der Waals surface area contributed by atoms with Gasteiger partial charge in [-0.05, 0) is 29.8 Å².